The molecule has 0 aliphatic carbocycles. The number of hydrogen-bond acceptors (Lipinski definition) is 3. The minimum atomic E-state index is 0.181. The Morgan fingerprint density at radius 3 is 1.63 bits per heavy atom. The molecule has 4 N–H and O–H groups in total. The van der Waals surface area contributed by atoms with E-state index in [0.29, 0.717) is 6.16 Å². The highest BCUT2D eigenvalue weighted by Crippen LogP contribution is 2.30. The number of anilines is 2. The van der Waals surface area contributed by atoms with E-state index in [4.69, 9.17) is 11.5 Å². The molecule has 0 bridgehead atoms. The van der Waals surface area contributed by atoms with Crippen LogP contribution in [0.3, 0.4) is 0 Å². The maximum Gasteiger partial charge on any atom is 0.155 e. The molecule has 4 heteroatoms. The number of rotatable bonds is 5. The molecule has 2 aromatic carbocycles. The van der Waals surface area contributed by atoms with E-state index in [1.165, 1.54) is 11.1 Å². The van der Waals surface area contributed by atoms with Crippen LogP contribution in [0.1, 0.15) is 23.5 Å². The van der Waals surface area contributed by atoms with Crippen LogP contribution >= 0.6 is 8.46 Å². The van der Waals surface area contributed by atoms with E-state index in [-0.39, 0.29) is 14.4 Å². The van der Waals surface area contributed by atoms with Crippen LogP contribution in [0.5, 0.6) is 0 Å². The molecule has 0 aromatic heterocycles. The zero-order valence-corrected chi connectivity index (χ0v) is 11.5. The van der Waals surface area contributed by atoms with Gasteiger partial charge >= 0.3 is 0 Å². The average molecular weight is 272 g/mol. The molecule has 0 atom stereocenters. The van der Waals surface area contributed by atoms with Gasteiger partial charge in [-0.05, 0) is 41.8 Å². The molecular formula is C15H17N2OP. The van der Waals surface area contributed by atoms with Crippen LogP contribution in [-0.2, 0) is 4.57 Å². The Morgan fingerprint density at radius 2 is 1.26 bits per heavy atom. The van der Waals surface area contributed by atoms with Crippen molar-refractivity contribution in [3.8, 4) is 0 Å². The van der Waals surface area contributed by atoms with E-state index >= 15 is 0 Å². The molecule has 2 aromatic rings. The molecule has 0 heterocycles. The topological polar surface area (TPSA) is 69.1 Å². The predicted octanol–water partition coefficient (Wildman–Crippen LogP) is 3.66. The molecular weight excluding hydrogens is 255 g/mol. The molecule has 0 unspecified atom stereocenters. The van der Waals surface area contributed by atoms with Crippen molar-refractivity contribution >= 4 is 19.8 Å². The van der Waals surface area contributed by atoms with Gasteiger partial charge in [0.2, 0.25) is 0 Å². The zero-order valence-electron chi connectivity index (χ0n) is 10.6. The fourth-order valence-corrected chi connectivity index (χ4v) is 2.53. The Morgan fingerprint density at radius 1 is 0.842 bits per heavy atom. The van der Waals surface area contributed by atoms with Crippen LogP contribution in [0, 0.1) is 0 Å². The lowest BCUT2D eigenvalue weighted by molar-refractivity contribution is 0.595. The van der Waals surface area contributed by atoms with Gasteiger partial charge in [-0.25, -0.2) is 0 Å². The predicted molar refractivity (Wildman–Crippen MR) is 80.6 cm³/mol. The van der Waals surface area contributed by atoms with Gasteiger partial charge in [-0.15, -0.1) is 0 Å². The first-order chi connectivity index (χ1) is 9.20. The van der Waals surface area contributed by atoms with Crippen molar-refractivity contribution in [2.24, 2.45) is 0 Å². The summed E-state index contributed by atoms with van der Waals surface area (Å²) in [4.78, 5) is 0. The average Bonchev–Trinajstić information content (AvgIpc) is 2.43. The maximum absolute atomic E-state index is 10.7. The summed E-state index contributed by atoms with van der Waals surface area (Å²) in [6.07, 6.45) is 1.47. The van der Waals surface area contributed by atoms with Gasteiger partial charge in [-0.1, -0.05) is 24.3 Å². The van der Waals surface area contributed by atoms with Crippen molar-refractivity contribution in [3.05, 3.63) is 59.7 Å². The minimum Gasteiger partial charge on any atom is -0.399 e. The normalized spacial score (nSPS) is 11.0. The second kappa shape index (κ2) is 6.35. The summed E-state index contributed by atoms with van der Waals surface area (Å²) in [5.41, 5.74) is 15.3. The molecule has 0 saturated carbocycles. The monoisotopic (exact) mass is 272 g/mol. The van der Waals surface area contributed by atoms with Gasteiger partial charge in [0.25, 0.3) is 0 Å². The number of benzene rings is 2. The quantitative estimate of drug-likeness (QED) is 0.644. The molecule has 2 rings (SSSR count). The van der Waals surface area contributed by atoms with Gasteiger partial charge in [0.15, 0.2) is 8.46 Å². The lowest BCUT2D eigenvalue weighted by Gasteiger charge is -2.17. The summed E-state index contributed by atoms with van der Waals surface area (Å²) >= 11 is 0. The minimum absolute atomic E-state index is 0.181. The second-order valence-corrected chi connectivity index (χ2v) is 5.23. The van der Waals surface area contributed by atoms with E-state index in [1.807, 2.05) is 48.5 Å². The smallest absolute Gasteiger partial charge is 0.155 e. The van der Waals surface area contributed by atoms with Crippen LogP contribution in [0.4, 0.5) is 11.4 Å². The highest BCUT2D eigenvalue weighted by Gasteiger charge is 2.13. The molecule has 3 nitrogen and oxygen atoms in total. The number of hydrogen-bond donors (Lipinski definition) is 2. The molecule has 0 spiro atoms. The molecule has 0 saturated heterocycles. The van der Waals surface area contributed by atoms with Crippen LogP contribution in [-0.4, -0.2) is 6.16 Å². The summed E-state index contributed by atoms with van der Waals surface area (Å²) < 4.78 is 10.7. The van der Waals surface area contributed by atoms with Crippen molar-refractivity contribution in [2.75, 3.05) is 17.6 Å². The number of nitrogen functional groups attached to an aromatic ring is 2. The van der Waals surface area contributed by atoms with Gasteiger partial charge in [-0.2, -0.15) is 0 Å². The third-order valence-electron chi connectivity index (χ3n) is 3.19. The van der Waals surface area contributed by atoms with Crippen molar-refractivity contribution in [1.29, 1.82) is 0 Å². The Labute approximate surface area is 114 Å². The van der Waals surface area contributed by atoms with Gasteiger partial charge in [0, 0.05) is 23.5 Å². The molecule has 0 aliphatic heterocycles. The fourth-order valence-electron chi connectivity index (χ4n) is 2.16. The molecule has 19 heavy (non-hydrogen) atoms. The van der Waals surface area contributed by atoms with E-state index in [9.17, 15) is 4.57 Å². The van der Waals surface area contributed by atoms with Crippen LogP contribution < -0.4 is 11.5 Å². The molecule has 0 fully saturated rings. The first-order valence-corrected chi connectivity index (χ1v) is 7.20. The summed E-state index contributed by atoms with van der Waals surface area (Å²) in [7, 11) is 0.181. The first-order valence-electron chi connectivity index (χ1n) is 6.20. The Hall–Kier alpha value is -1.86. The summed E-state index contributed by atoms with van der Waals surface area (Å²) in [6.45, 7) is 0. The van der Waals surface area contributed by atoms with Crippen LogP contribution in [0.2, 0.25) is 0 Å². The zero-order chi connectivity index (χ0) is 13.7. The number of nitrogens with two attached hydrogens (primary N) is 2. The van der Waals surface area contributed by atoms with Gasteiger partial charge < -0.3 is 11.5 Å². The summed E-state index contributed by atoms with van der Waals surface area (Å²) in [5.74, 6) is 0.225. The lowest BCUT2D eigenvalue weighted by atomic mass is 9.89. The molecule has 98 valence electrons. The highest BCUT2D eigenvalue weighted by atomic mass is 31.1. The molecule has 0 radical (unpaired) electrons. The Kier molecular flexibility index (Phi) is 4.53. The molecule has 0 aliphatic rings. The second-order valence-electron chi connectivity index (χ2n) is 4.53. The highest BCUT2D eigenvalue weighted by molar-refractivity contribution is 7.23. The van der Waals surface area contributed by atoms with Crippen molar-refractivity contribution in [1.82, 2.24) is 0 Å². The summed E-state index contributed by atoms with van der Waals surface area (Å²) in [6, 6.07) is 15.7. The Bertz CT molecular complexity index is 492. The third kappa shape index (κ3) is 3.55. The fraction of sp³-hybridized carbons (Fsp3) is 0.200. The van der Waals surface area contributed by atoms with Crippen molar-refractivity contribution in [3.63, 3.8) is 0 Å². The van der Waals surface area contributed by atoms with E-state index in [2.05, 4.69) is 0 Å². The first kappa shape index (κ1) is 13.6. The van der Waals surface area contributed by atoms with E-state index in [1.54, 1.807) is 0 Å². The van der Waals surface area contributed by atoms with Crippen molar-refractivity contribution < 1.29 is 4.57 Å². The van der Waals surface area contributed by atoms with Crippen molar-refractivity contribution in [2.45, 2.75) is 12.3 Å². The summed E-state index contributed by atoms with van der Waals surface area (Å²) in [5, 5.41) is 0. The largest absolute Gasteiger partial charge is 0.399 e. The van der Waals surface area contributed by atoms with Gasteiger partial charge in [0.05, 0.1) is 0 Å². The van der Waals surface area contributed by atoms with E-state index < -0.39 is 0 Å². The molecule has 0 amide bonds. The Balaban J connectivity index is 2.31. The van der Waals surface area contributed by atoms with Gasteiger partial charge in [0.1, 0.15) is 0 Å². The van der Waals surface area contributed by atoms with Crippen LogP contribution in [0.25, 0.3) is 0 Å². The maximum atomic E-state index is 10.7. The van der Waals surface area contributed by atoms with Crippen LogP contribution in [0.15, 0.2) is 48.5 Å². The van der Waals surface area contributed by atoms with E-state index in [0.717, 1.165) is 17.8 Å². The standard InChI is InChI=1S/C15H17N2OP/c16-13-5-1-11(2-6-13)15(9-10-19-18)12-3-7-14(17)8-4-12/h1-8,15H,9-10,16-17H2. The lowest BCUT2D eigenvalue weighted by Crippen LogP contribution is -2.02. The third-order valence-corrected chi connectivity index (χ3v) is 3.63. The SMILES string of the molecule is Nc1ccc(C(CCP=O)c2ccc(N)cc2)cc1. The van der Waals surface area contributed by atoms with Gasteiger partial charge in [-0.3, -0.25) is 4.57 Å².